The average molecular weight is 226 g/mol. The number of hydrogen-bond acceptors (Lipinski definition) is 2. The van der Waals surface area contributed by atoms with Crippen molar-refractivity contribution in [1.29, 1.82) is 0 Å². The van der Waals surface area contributed by atoms with E-state index in [2.05, 4.69) is 0 Å². The summed E-state index contributed by atoms with van der Waals surface area (Å²) in [7, 11) is 0. The minimum atomic E-state index is -1.08. The fraction of sp³-hybridized carbons (Fsp3) is 0.364. The van der Waals surface area contributed by atoms with Crippen LogP contribution in [0.15, 0.2) is 18.2 Å². The van der Waals surface area contributed by atoms with Crippen molar-refractivity contribution in [2.75, 3.05) is 19.6 Å². The molecule has 1 aliphatic rings. The largest absolute Gasteiger partial charge is 0.338 e. The van der Waals surface area contributed by atoms with E-state index in [1.165, 1.54) is 17.0 Å². The van der Waals surface area contributed by atoms with Crippen molar-refractivity contribution in [2.24, 2.45) is 11.7 Å². The van der Waals surface area contributed by atoms with Crippen molar-refractivity contribution < 1.29 is 13.6 Å². The van der Waals surface area contributed by atoms with E-state index in [4.69, 9.17) is 5.73 Å². The third-order valence-electron chi connectivity index (χ3n) is 2.76. The number of hydrogen-bond donors (Lipinski definition) is 1. The van der Waals surface area contributed by atoms with Crippen LogP contribution in [0.3, 0.4) is 0 Å². The van der Waals surface area contributed by atoms with E-state index in [1.807, 2.05) is 0 Å². The molecule has 16 heavy (non-hydrogen) atoms. The van der Waals surface area contributed by atoms with Crippen LogP contribution in [0.1, 0.15) is 10.4 Å². The number of carbonyl (C=O) groups excluding carboxylic acids is 1. The van der Waals surface area contributed by atoms with Crippen LogP contribution in [-0.2, 0) is 0 Å². The first-order chi connectivity index (χ1) is 7.63. The maximum Gasteiger partial charge on any atom is 0.256 e. The van der Waals surface area contributed by atoms with Crippen LogP contribution < -0.4 is 5.73 Å². The van der Waals surface area contributed by atoms with E-state index in [0.29, 0.717) is 19.6 Å². The van der Waals surface area contributed by atoms with Crippen LogP contribution in [0.2, 0.25) is 0 Å². The highest BCUT2D eigenvalue weighted by atomic mass is 19.2. The summed E-state index contributed by atoms with van der Waals surface area (Å²) < 4.78 is 26.2. The Bertz CT molecular complexity index is 416. The normalized spacial score (nSPS) is 16.1. The Morgan fingerprint density at radius 1 is 1.44 bits per heavy atom. The number of likely N-dealkylation sites (tertiary alicyclic amines) is 1. The summed E-state index contributed by atoms with van der Waals surface area (Å²) in [6.07, 6.45) is 0. The van der Waals surface area contributed by atoms with Gasteiger partial charge in [-0.1, -0.05) is 6.07 Å². The molecule has 0 aliphatic carbocycles. The van der Waals surface area contributed by atoms with Crippen molar-refractivity contribution in [2.45, 2.75) is 0 Å². The average Bonchev–Trinajstić information content (AvgIpc) is 2.20. The molecule has 0 unspecified atom stereocenters. The fourth-order valence-corrected chi connectivity index (χ4v) is 1.72. The predicted octanol–water partition coefficient (Wildman–Crippen LogP) is 0.995. The fourth-order valence-electron chi connectivity index (χ4n) is 1.72. The molecular formula is C11H12F2N2O. The van der Waals surface area contributed by atoms with Gasteiger partial charge < -0.3 is 10.6 Å². The monoisotopic (exact) mass is 226 g/mol. The predicted molar refractivity (Wildman–Crippen MR) is 54.8 cm³/mol. The SMILES string of the molecule is NCC1CN(C(=O)c2cccc(F)c2F)C1. The molecule has 2 N–H and O–H groups in total. The summed E-state index contributed by atoms with van der Waals surface area (Å²) in [4.78, 5) is 13.2. The van der Waals surface area contributed by atoms with Gasteiger partial charge in [0.2, 0.25) is 0 Å². The van der Waals surface area contributed by atoms with Crippen molar-refractivity contribution in [1.82, 2.24) is 4.90 Å². The smallest absolute Gasteiger partial charge is 0.256 e. The molecule has 3 nitrogen and oxygen atoms in total. The molecule has 1 aromatic rings. The summed E-state index contributed by atoms with van der Waals surface area (Å²) in [5.41, 5.74) is 5.20. The highest BCUT2D eigenvalue weighted by Gasteiger charge is 2.31. The molecule has 5 heteroatoms. The highest BCUT2D eigenvalue weighted by Crippen LogP contribution is 2.20. The number of rotatable bonds is 2. The van der Waals surface area contributed by atoms with Crippen molar-refractivity contribution in [3.63, 3.8) is 0 Å². The summed E-state index contributed by atoms with van der Waals surface area (Å²) >= 11 is 0. The molecule has 86 valence electrons. The van der Waals surface area contributed by atoms with E-state index in [-0.39, 0.29) is 11.5 Å². The van der Waals surface area contributed by atoms with Gasteiger partial charge >= 0.3 is 0 Å². The molecule has 1 aromatic carbocycles. The van der Waals surface area contributed by atoms with E-state index in [0.717, 1.165) is 6.07 Å². The third kappa shape index (κ3) is 1.78. The van der Waals surface area contributed by atoms with E-state index in [9.17, 15) is 13.6 Å². The molecule has 0 saturated carbocycles. The lowest BCUT2D eigenvalue weighted by molar-refractivity contribution is 0.0509. The standard InChI is InChI=1S/C11H12F2N2O/c12-9-3-1-2-8(10(9)13)11(16)15-5-7(4-14)6-15/h1-3,7H,4-6,14H2. The molecular weight excluding hydrogens is 214 g/mol. The molecule has 0 aromatic heterocycles. The van der Waals surface area contributed by atoms with E-state index < -0.39 is 17.5 Å². The van der Waals surface area contributed by atoms with Crippen molar-refractivity contribution >= 4 is 5.91 Å². The van der Waals surface area contributed by atoms with Gasteiger partial charge in [0.1, 0.15) is 0 Å². The Morgan fingerprint density at radius 3 is 2.75 bits per heavy atom. The number of nitrogens with zero attached hydrogens (tertiary/aromatic N) is 1. The van der Waals surface area contributed by atoms with Crippen LogP contribution in [-0.4, -0.2) is 30.4 Å². The maximum atomic E-state index is 13.3. The summed E-state index contributed by atoms with van der Waals surface area (Å²) in [6.45, 7) is 1.55. The summed E-state index contributed by atoms with van der Waals surface area (Å²) in [5, 5.41) is 0. The van der Waals surface area contributed by atoms with Gasteiger partial charge in [0.05, 0.1) is 5.56 Å². The number of carbonyl (C=O) groups is 1. The van der Waals surface area contributed by atoms with Gasteiger partial charge in [0.15, 0.2) is 11.6 Å². The molecule has 1 amide bonds. The minimum Gasteiger partial charge on any atom is -0.338 e. The number of halogens is 2. The zero-order valence-electron chi connectivity index (χ0n) is 8.62. The second kappa shape index (κ2) is 4.17. The Morgan fingerprint density at radius 2 is 2.12 bits per heavy atom. The molecule has 0 spiro atoms. The van der Waals surface area contributed by atoms with Gasteiger partial charge in [-0.25, -0.2) is 8.78 Å². The van der Waals surface area contributed by atoms with Crippen LogP contribution in [0.4, 0.5) is 8.78 Å². The first-order valence-electron chi connectivity index (χ1n) is 5.07. The molecule has 1 saturated heterocycles. The lowest BCUT2D eigenvalue weighted by atomic mass is 9.99. The minimum absolute atomic E-state index is 0.213. The topological polar surface area (TPSA) is 46.3 Å². The van der Waals surface area contributed by atoms with Crippen LogP contribution in [0.25, 0.3) is 0 Å². The Hall–Kier alpha value is -1.49. The highest BCUT2D eigenvalue weighted by molar-refractivity contribution is 5.95. The Labute approximate surface area is 91.8 Å². The Balaban J connectivity index is 2.13. The molecule has 1 heterocycles. The molecule has 0 radical (unpaired) electrons. The lowest BCUT2D eigenvalue weighted by Crippen LogP contribution is -2.52. The first-order valence-corrected chi connectivity index (χ1v) is 5.07. The first kappa shape index (κ1) is 11.0. The van der Waals surface area contributed by atoms with Crippen molar-refractivity contribution in [3.05, 3.63) is 35.4 Å². The second-order valence-corrected chi connectivity index (χ2v) is 3.91. The van der Waals surface area contributed by atoms with Gasteiger partial charge in [-0.3, -0.25) is 4.79 Å². The van der Waals surface area contributed by atoms with Gasteiger partial charge in [-0.2, -0.15) is 0 Å². The van der Waals surface area contributed by atoms with E-state index >= 15 is 0 Å². The zero-order chi connectivity index (χ0) is 11.7. The van der Waals surface area contributed by atoms with E-state index in [1.54, 1.807) is 0 Å². The lowest BCUT2D eigenvalue weighted by Gasteiger charge is -2.38. The number of benzene rings is 1. The van der Waals surface area contributed by atoms with Gasteiger partial charge in [0.25, 0.3) is 5.91 Å². The molecule has 0 atom stereocenters. The zero-order valence-corrected chi connectivity index (χ0v) is 8.62. The van der Waals surface area contributed by atoms with Gasteiger partial charge in [-0.05, 0) is 18.7 Å². The van der Waals surface area contributed by atoms with Gasteiger partial charge in [-0.15, -0.1) is 0 Å². The summed E-state index contributed by atoms with van der Waals surface area (Å²) in [5.74, 6) is -2.27. The molecule has 2 rings (SSSR count). The molecule has 1 aliphatic heterocycles. The molecule has 0 bridgehead atoms. The van der Waals surface area contributed by atoms with Crippen LogP contribution in [0.5, 0.6) is 0 Å². The van der Waals surface area contributed by atoms with Crippen LogP contribution >= 0.6 is 0 Å². The van der Waals surface area contributed by atoms with Crippen molar-refractivity contribution in [3.8, 4) is 0 Å². The molecule has 1 fully saturated rings. The maximum absolute atomic E-state index is 13.3. The Kier molecular flexibility index (Phi) is 2.87. The quantitative estimate of drug-likeness (QED) is 0.817. The number of nitrogens with two attached hydrogens (primary N) is 1. The third-order valence-corrected chi connectivity index (χ3v) is 2.76. The van der Waals surface area contributed by atoms with Gasteiger partial charge in [0, 0.05) is 19.0 Å². The second-order valence-electron chi connectivity index (χ2n) is 3.91. The summed E-state index contributed by atoms with van der Waals surface area (Å²) in [6, 6.07) is 3.60. The van der Waals surface area contributed by atoms with Crippen LogP contribution in [0, 0.1) is 17.6 Å². The number of amides is 1.